The van der Waals surface area contributed by atoms with Crippen LogP contribution in [0.2, 0.25) is 0 Å². The Labute approximate surface area is 115 Å². The number of hydrogen-bond donors (Lipinski definition) is 3. The monoisotopic (exact) mass is 283 g/mol. The molecule has 0 spiro atoms. The molecule has 2 rings (SSSR count). The summed E-state index contributed by atoms with van der Waals surface area (Å²) < 4.78 is 0. The molecule has 1 aliphatic carbocycles. The van der Waals surface area contributed by atoms with Crippen LogP contribution in [0.25, 0.3) is 0 Å². The van der Waals surface area contributed by atoms with Crippen LogP contribution in [-0.2, 0) is 4.79 Å². The van der Waals surface area contributed by atoms with Crippen molar-refractivity contribution in [1.29, 1.82) is 0 Å². The lowest BCUT2D eigenvalue weighted by Crippen LogP contribution is -2.56. The normalized spacial score (nSPS) is 26.9. The molecule has 1 aliphatic rings. The van der Waals surface area contributed by atoms with Crippen molar-refractivity contribution in [2.45, 2.75) is 38.1 Å². The van der Waals surface area contributed by atoms with Crippen molar-refractivity contribution < 1.29 is 14.7 Å². The van der Waals surface area contributed by atoms with Gasteiger partial charge in [0.25, 0.3) is 5.91 Å². The number of rotatable bonds is 3. The van der Waals surface area contributed by atoms with E-state index in [1.807, 2.05) is 0 Å². The number of nitrogens with one attached hydrogen (secondary N) is 1. The molecule has 0 saturated heterocycles. The first kappa shape index (κ1) is 13.8. The number of nitrogen functional groups attached to an aromatic ring is 1. The zero-order valence-corrected chi connectivity index (χ0v) is 11.5. The van der Waals surface area contributed by atoms with Crippen molar-refractivity contribution >= 4 is 28.3 Å². The van der Waals surface area contributed by atoms with Crippen LogP contribution in [0, 0.1) is 5.92 Å². The minimum Gasteiger partial charge on any atom is -0.480 e. The molecule has 1 amide bonds. The van der Waals surface area contributed by atoms with E-state index in [4.69, 9.17) is 5.73 Å². The lowest BCUT2D eigenvalue weighted by atomic mass is 9.77. The number of hydrogen-bond acceptors (Lipinski definition) is 5. The molecule has 1 saturated carbocycles. The number of carbonyl (C=O) groups is 2. The Hall–Kier alpha value is -1.63. The van der Waals surface area contributed by atoms with Crippen LogP contribution in [0.15, 0.2) is 5.38 Å². The van der Waals surface area contributed by atoms with Gasteiger partial charge >= 0.3 is 5.97 Å². The molecule has 19 heavy (non-hydrogen) atoms. The van der Waals surface area contributed by atoms with Gasteiger partial charge in [-0.15, -0.1) is 11.3 Å². The summed E-state index contributed by atoms with van der Waals surface area (Å²) in [7, 11) is 0. The average Bonchev–Trinajstić information content (AvgIpc) is 2.79. The summed E-state index contributed by atoms with van der Waals surface area (Å²) in [5.41, 5.74) is 4.49. The van der Waals surface area contributed by atoms with Crippen molar-refractivity contribution in [3.63, 3.8) is 0 Å². The molecule has 1 fully saturated rings. The van der Waals surface area contributed by atoms with E-state index in [1.165, 1.54) is 5.38 Å². The second-order valence-electron chi connectivity index (χ2n) is 5.09. The lowest BCUT2D eigenvalue weighted by Gasteiger charge is -2.36. The largest absolute Gasteiger partial charge is 0.480 e. The predicted octanol–water partition coefficient (Wildman–Crippen LogP) is 1.49. The number of nitrogens with zero attached hydrogens (tertiary/aromatic N) is 1. The van der Waals surface area contributed by atoms with Crippen LogP contribution in [0.1, 0.15) is 43.1 Å². The summed E-state index contributed by atoms with van der Waals surface area (Å²) in [6, 6.07) is 0. The van der Waals surface area contributed by atoms with Crippen molar-refractivity contribution in [3.8, 4) is 0 Å². The van der Waals surface area contributed by atoms with Crippen LogP contribution >= 0.6 is 11.3 Å². The van der Waals surface area contributed by atoms with Gasteiger partial charge in [-0.05, 0) is 31.6 Å². The van der Waals surface area contributed by atoms with Crippen LogP contribution in [0.4, 0.5) is 5.13 Å². The first-order valence-electron chi connectivity index (χ1n) is 6.20. The van der Waals surface area contributed by atoms with Gasteiger partial charge in [0.1, 0.15) is 11.2 Å². The molecule has 0 aliphatic heterocycles. The SMILES string of the molecule is CC1CCC(NC(=O)c2csc(N)n2)(C(=O)O)CC1. The van der Waals surface area contributed by atoms with Crippen molar-refractivity contribution in [3.05, 3.63) is 11.1 Å². The number of carboxylic acid groups (broad SMARTS) is 1. The van der Waals surface area contributed by atoms with Gasteiger partial charge in [0.05, 0.1) is 0 Å². The fourth-order valence-electron chi connectivity index (χ4n) is 2.32. The van der Waals surface area contributed by atoms with Gasteiger partial charge in [-0.25, -0.2) is 9.78 Å². The zero-order valence-electron chi connectivity index (χ0n) is 10.7. The van der Waals surface area contributed by atoms with Crippen LogP contribution in [0.3, 0.4) is 0 Å². The molecular formula is C12H17N3O3S. The van der Waals surface area contributed by atoms with Gasteiger partial charge in [0, 0.05) is 5.38 Å². The highest BCUT2D eigenvalue weighted by Crippen LogP contribution is 2.32. The predicted molar refractivity (Wildman–Crippen MR) is 72.0 cm³/mol. The second-order valence-corrected chi connectivity index (χ2v) is 5.98. The van der Waals surface area contributed by atoms with Crippen molar-refractivity contribution in [2.24, 2.45) is 5.92 Å². The van der Waals surface area contributed by atoms with Crippen molar-refractivity contribution in [1.82, 2.24) is 10.3 Å². The molecule has 1 aromatic heterocycles. The van der Waals surface area contributed by atoms with Crippen LogP contribution in [0.5, 0.6) is 0 Å². The summed E-state index contributed by atoms with van der Waals surface area (Å²) in [5.74, 6) is -0.944. The highest BCUT2D eigenvalue weighted by atomic mass is 32.1. The van der Waals surface area contributed by atoms with E-state index < -0.39 is 17.4 Å². The van der Waals surface area contributed by atoms with Gasteiger partial charge in [-0.1, -0.05) is 6.92 Å². The summed E-state index contributed by atoms with van der Waals surface area (Å²) >= 11 is 1.16. The first-order valence-corrected chi connectivity index (χ1v) is 7.08. The summed E-state index contributed by atoms with van der Waals surface area (Å²) in [4.78, 5) is 27.4. The van der Waals surface area contributed by atoms with E-state index in [-0.39, 0.29) is 5.69 Å². The Morgan fingerprint density at radius 1 is 1.53 bits per heavy atom. The highest BCUT2D eigenvalue weighted by molar-refractivity contribution is 7.13. The minimum absolute atomic E-state index is 0.182. The molecule has 0 aromatic carbocycles. The Bertz CT molecular complexity index is 492. The second kappa shape index (κ2) is 5.16. The van der Waals surface area contributed by atoms with Gasteiger partial charge < -0.3 is 16.2 Å². The van der Waals surface area contributed by atoms with Crippen molar-refractivity contribution in [2.75, 3.05) is 5.73 Å². The van der Waals surface area contributed by atoms with Gasteiger partial charge in [-0.2, -0.15) is 0 Å². The Morgan fingerprint density at radius 3 is 2.63 bits per heavy atom. The van der Waals surface area contributed by atoms with Gasteiger partial charge in [0.15, 0.2) is 5.13 Å². The fraction of sp³-hybridized carbons (Fsp3) is 0.583. The molecule has 0 unspecified atom stereocenters. The molecule has 6 nitrogen and oxygen atoms in total. The van der Waals surface area contributed by atoms with Gasteiger partial charge in [-0.3, -0.25) is 4.79 Å². The summed E-state index contributed by atoms with van der Waals surface area (Å²) in [6.45, 7) is 2.09. The number of carboxylic acids is 1. The number of amides is 1. The molecule has 7 heteroatoms. The Balaban J connectivity index is 2.13. The topological polar surface area (TPSA) is 105 Å². The number of carbonyl (C=O) groups excluding carboxylic acids is 1. The molecule has 0 radical (unpaired) electrons. The smallest absolute Gasteiger partial charge is 0.329 e. The third-order valence-electron chi connectivity index (χ3n) is 3.64. The fourth-order valence-corrected chi connectivity index (χ4v) is 2.86. The zero-order chi connectivity index (χ0) is 14.0. The summed E-state index contributed by atoms with van der Waals surface area (Å²) in [5, 5.41) is 13.9. The maximum atomic E-state index is 12.0. The number of nitrogens with two attached hydrogens (primary N) is 1. The molecule has 1 heterocycles. The van der Waals surface area contributed by atoms with Crippen LogP contribution in [-0.4, -0.2) is 27.5 Å². The average molecular weight is 283 g/mol. The number of anilines is 1. The van der Waals surface area contributed by atoms with E-state index in [0.29, 0.717) is 23.9 Å². The molecule has 1 aromatic rings. The Kier molecular flexibility index (Phi) is 3.75. The quantitative estimate of drug-likeness (QED) is 0.779. The summed E-state index contributed by atoms with van der Waals surface area (Å²) in [6.07, 6.45) is 2.50. The molecule has 104 valence electrons. The number of aliphatic carboxylic acids is 1. The van der Waals surface area contributed by atoms with E-state index in [9.17, 15) is 14.7 Å². The molecule has 0 atom stereocenters. The van der Waals surface area contributed by atoms with Gasteiger partial charge in [0.2, 0.25) is 0 Å². The first-order chi connectivity index (χ1) is 8.93. The third-order valence-corrected chi connectivity index (χ3v) is 4.32. The maximum Gasteiger partial charge on any atom is 0.329 e. The molecule has 4 N–H and O–H groups in total. The third kappa shape index (κ3) is 2.86. The Morgan fingerprint density at radius 2 is 2.16 bits per heavy atom. The van der Waals surface area contributed by atoms with Crippen LogP contribution < -0.4 is 11.1 Å². The molecular weight excluding hydrogens is 266 g/mol. The molecule has 0 bridgehead atoms. The van der Waals surface area contributed by atoms with E-state index in [2.05, 4.69) is 17.2 Å². The van der Waals surface area contributed by atoms with E-state index in [0.717, 1.165) is 24.2 Å². The maximum absolute atomic E-state index is 12.0. The van der Waals surface area contributed by atoms with E-state index >= 15 is 0 Å². The number of thiazole rings is 1. The minimum atomic E-state index is -1.16. The lowest BCUT2D eigenvalue weighted by molar-refractivity contribution is -0.146. The number of aromatic nitrogens is 1. The standard InChI is InChI=1S/C12H17N3O3S/c1-7-2-4-12(5-3-7,10(17)18)15-9(16)8-6-19-11(13)14-8/h6-7H,2-5H2,1H3,(H2,13,14)(H,15,16)(H,17,18). The highest BCUT2D eigenvalue weighted by Gasteiger charge is 2.42. The van der Waals surface area contributed by atoms with E-state index in [1.54, 1.807) is 0 Å².